The van der Waals surface area contributed by atoms with E-state index in [2.05, 4.69) is 0 Å². The van der Waals surface area contributed by atoms with Gasteiger partial charge in [0.1, 0.15) is 0 Å². The van der Waals surface area contributed by atoms with E-state index in [1.807, 2.05) is 78.9 Å². The molecule has 0 bridgehead atoms. The number of hydrogen-bond donors (Lipinski definition) is 0. The molecule has 0 spiro atoms. The molecular formula is C26H19ClO2. The first kappa shape index (κ1) is 20.2. The van der Waals surface area contributed by atoms with E-state index in [1.54, 1.807) is 36.4 Å². The first-order valence-electron chi connectivity index (χ1n) is 9.15. The summed E-state index contributed by atoms with van der Waals surface area (Å²) < 4.78 is 0. The number of rotatable bonds is 4. The number of carbonyl (C=O) groups excluding carboxylic acids is 2. The quantitative estimate of drug-likeness (QED) is 0.368. The van der Waals surface area contributed by atoms with Crippen molar-refractivity contribution in [3.63, 3.8) is 0 Å². The maximum absolute atomic E-state index is 11.9. The van der Waals surface area contributed by atoms with E-state index in [1.165, 1.54) is 0 Å². The first-order chi connectivity index (χ1) is 14.1. The van der Waals surface area contributed by atoms with Gasteiger partial charge < -0.3 is 0 Å². The standard InChI is InChI=1S/C13H9ClO.C13H10O/c14-12-8-6-11(7-9-12)13(15)10-4-2-1-3-5-10;14-13(11-7-3-1-4-8-11)12-9-5-2-6-10-12/h1-9H;1-10H. The third-order valence-electron chi connectivity index (χ3n) is 4.21. The molecule has 0 aliphatic heterocycles. The highest BCUT2D eigenvalue weighted by atomic mass is 35.5. The van der Waals surface area contributed by atoms with E-state index in [9.17, 15) is 9.59 Å². The van der Waals surface area contributed by atoms with Crippen LogP contribution >= 0.6 is 11.6 Å². The van der Waals surface area contributed by atoms with E-state index >= 15 is 0 Å². The Bertz CT molecular complexity index is 1020. The van der Waals surface area contributed by atoms with E-state index < -0.39 is 0 Å². The van der Waals surface area contributed by atoms with Crippen molar-refractivity contribution in [3.05, 3.63) is 143 Å². The van der Waals surface area contributed by atoms with E-state index in [0.717, 1.165) is 11.1 Å². The minimum Gasteiger partial charge on any atom is -0.289 e. The number of ketones is 2. The minimum absolute atomic E-state index is 0.0206. The van der Waals surface area contributed by atoms with Crippen LogP contribution in [0.15, 0.2) is 115 Å². The Balaban J connectivity index is 0.000000166. The zero-order chi connectivity index (χ0) is 20.5. The average molecular weight is 399 g/mol. The fraction of sp³-hybridized carbons (Fsp3) is 0. The van der Waals surface area contributed by atoms with Crippen molar-refractivity contribution >= 4 is 23.2 Å². The largest absolute Gasteiger partial charge is 0.289 e. The summed E-state index contributed by atoms with van der Waals surface area (Å²) in [7, 11) is 0. The van der Waals surface area contributed by atoms with Crippen molar-refractivity contribution in [2.75, 3.05) is 0 Å². The zero-order valence-electron chi connectivity index (χ0n) is 15.7. The van der Waals surface area contributed by atoms with Gasteiger partial charge in [-0.25, -0.2) is 0 Å². The Labute approximate surface area is 175 Å². The summed E-state index contributed by atoms with van der Waals surface area (Å²) in [5.41, 5.74) is 2.82. The van der Waals surface area contributed by atoms with Crippen LogP contribution in [0.25, 0.3) is 0 Å². The van der Waals surface area contributed by atoms with Crippen molar-refractivity contribution in [3.8, 4) is 0 Å². The van der Waals surface area contributed by atoms with Crippen LogP contribution in [-0.2, 0) is 0 Å². The lowest BCUT2D eigenvalue weighted by molar-refractivity contribution is 0.103. The van der Waals surface area contributed by atoms with E-state index in [0.29, 0.717) is 16.1 Å². The number of hydrogen-bond acceptors (Lipinski definition) is 2. The summed E-state index contributed by atoms with van der Waals surface area (Å²) in [6.45, 7) is 0. The van der Waals surface area contributed by atoms with Gasteiger partial charge >= 0.3 is 0 Å². The van der Waals surface area contributed by atoms with Crippen molar-refractivity contribution in [1.29, 1.82) is 0 Å². The molecule has 0 saturated carbocycles. The van der Waals surface area contributed by atoms with E-state index in [4.69, 9.17) is 11.6 Å². The molecule has 29 heavy (non-hydrogen) atoms. The molecule has 0 heterocycles. The molecule has 0 fully saturated rings. The van der Waals surface area contributed by atoms with Crippen LogP contribution in [0.4, 0.5) is 0 Å². The summed E-state index contributed by atoms with van der Waals surface area (Å²) in [6.07, 6.45) is 0. The van der Waals surface area contributed by atoms with Crippen LogP contribution in [0.1, 0.15) is 31.8 Å². The Morgan fingerprint density at radius 3 is 1.00 bits per heavy atom. The predicted molar refractivity (Wildman–Crippen MR) is 118 cm³/mol. The van der Waals surface area contributed by atoms with Gasteiger partial charge in [0.2, 0.25) is 0 Å². The van der Waals surface area contributed by atoms with Crippen LogP contribution in [-0.4, -0.2) is 11.6 Å². The average Bonchev–Trinajstić information content (AvgIpc) is 2.81. The molecule has 0 aromatic heterocycles. The predicted octanol–water partition coefficient (Wildman–Crippen LogP) is 6.49. The third-order valence-corrected chi connectivity index (χ3v) is 4.47. The van der Waals surface area contributed by atoms with Crippen LogP contribution in [0.2, 0.25) is 5.02 Å². The van der Waals surface area contributed by atoms with Gasteiger partial charge in [0.25, 0.3) is 0 Å². The second-order valence-electron chi connectivity index (χ2n) is 6.26. The van der Waals surface area contributed by atoms with Crippen LogP contribution < -0.4 is 0 Å². The fourth-order valence-electron chi connectivity index (χ4n) is 2.70. The maximum Gasteiger partial charge on any atom is 0.193 e. The molecule has 2 nitrogen and oxygen atoms in total. The fourth-order valence-corrected chi connectivity index (χ4v) is 2.83. The normalized spacial score (nSPS) is 9.83. The van der Waals surface area contributed by atoms with Gasteiger partial charge in [-0.2, -0.15) is 0 Å². The first-order valence-corrected chi connectivity index (χ1v) is 9.53. The summed E-state index contributed by atoms with van der Waals surface area (Å²) in [6, 6.07) is 34.7. The lowest BCUT2D eigenvalue weighted by atomic mass is 10.0. The molecule has 0 amide bonds. The molecule has 4 rings (SSSR count). The highest BCUT2D eigenvalue weighted by molar-refractivity contribution is 6.30. The van der Waals surface area contributed by atoms with Crippen LogP contribution in [0.3, 0.4) is 0 Å². The molecule has 0 atom stereocenters. The molecular weight excluding hydrogens is 380 g/mol. The molecule has 0 aliphatic carbocycles. The SMILES string of the molecule is O=C(c1ccccc1)c1ccc(Cl)cc1.O=C(c1ccccc1)c1ccccc1. The maximum atomic E-state index is 11.9. The Hall–Kier alpha value is -3.49. The van der Waals surface area contributed by atoms with Gasteiger partial charge in [-0.15, -0.1) is 0 Å². The Morgan fingerprint density at radius 2 is 0.690 bits per heavy atom. The molecule has 4 aromatic rings. The minimum atomic E-state index is 0.0206. The van der Waals surface area contributed by atoms with Gasteiger partial charge in [-0.1, -0.05) is 103 Å². The molecule has 0 N–H and O–H groups in total. The second kappa shape index (κ2) is 10.2. The summed E-state index contributed by atoms with van der Waals surface area (Å²) in [4.78, 5) is 23.8. The van der Waals surface area contributed by atoms with Crippen LogP contribution in [0, 0.1) is 0 Å². The highest BCUT2D eigenvalue weighted by Crippen LogP contribution is 2.13. The zero-order valence-corrected chi connectivity index (χ0v) is 16.4. The topological polar surface area (TPSA) is 34.1 Å². The van der Waals surface area contributed by atoms with Crippen molar-refractivity contribution < 1.29 is 9.59 Å². The van der Waals surface area contributed by atoms with Gasteiger partial charge in [0.05, 0.1) is 0 Å². The Kier molecular flexibility index (Phi) is 7.10. The van der Waals surface area contributed by atoms with Crippen LogP contribution in [0.5, 0.6) is 0 Å². The summed E-state index contributed by atoms with van der Waals surface area (Å²) >= 11 is 5.75. The van der Waals surface area contributed by atoms with Gasteiger partial charge in [-0.3, -0.25) is 9.59 Å². The van der Waals surface area contributed by atoms with Crippen molar-refractivity contribution in [2.24, 2.45) is 0 Å². The third kappa shape index (κ3) is 5.74. The van der Waals surface area contributed by atoms with Crippen molar-refractivity contribution in [2.45, 2.75) is 0 Å². The molecule has 0 saturated heterocycles. The summed E-state index contributed by atoms with van der Waals surface area (Å²) in [5.74, 6) is 0.0958. The van der Waals surface area contributed by atoms with Crippen molar-refractivity contribution in [1.82, 2.24) is 0 Å². The molecule has 3 heteroatoms. The van der Waals surface area contributed by atoms with Gasteiger partial charge in [0, 0.05) is 27.3 Å². The molecule has 0 unspecified atom stereocenters. The van der Waals surface area contributed by atoms with E-state index in [-0.39, 0.29) is 11.6 Å². The number of halogens is 1. The summed E-state index contributed by atoms with van der Waals surface area (Å²) in [5, 5.41) is 0.639. The van der Waals surface area contributed by atoms with Gasteiger partial charge in [-0.05, 0) is 24.3 Å². The Morgan fingerprint density at radius 1 is 0.414 bits per heavy atom. The second-order valence-corrected chi connectivity index (χ2v) is 6.70. The smallest absolute Gasteiger partial charge is 0.193 e. The number of benzene rings is 4. The highest BCUT2D eigenvalue weighted by Gasteiger charge is 2.07. The lowest BCUT2D eigenvalue weighted by Crippen LogP contribution is -1.99. The molecule has 0 aliphatic rings. The molecule has 4 aromatic carbocycles. The van der Waals surface area contributed by atoms with Gasteiger partial charge in [0.15, 0.2) is 11.6 Å². The lowest BCUT2D eigenvalue weighted by Gasteiger charge is -2.00. The molecule has 142 valence electrons. The monoisotopic (exact) mass is 398 g/mol. The number of carbonyl (C=O) groups is 2. The molecule has 0 radical (unpaired) electrons.